The minimum Gasteiger partial charge on any atom is -0.478 e. The van der Waals surface area contributed by atoms with Gasteiger partial charge in [-0.2, -0.15) is 0 Å². The summed E-state index contributed by atoms with van der Waals surface area (Å²) < 4.78 is 0. The number of aromatic carboxylic acids is 1. The van der Waals surface area contributed by atoms with Crippen LogP contribution >= 0.6 is 0 Å². The number of pyridine rings is 1. The first-order valence-corrected chi connectivity index (χ1v) is 4.93. The molecule has 0 aliphatic rings. The van der Waals surface area contributed by atoms with Crippen molar-refractivity contribution in [1.29, 1.82) is 0 Å². The van der Waals surface area contributed by atoms with Gasteiger partial charge in [-0.1, -0.05) is 18.2 Å². The Morgan fingerprint density at radius 3 is 2.69 bits per heavy atom. The van der Waals surface area contributed by atoms with Crippen LogP contribution in [-0.4, -0.2) is 16.1 Å². The zero-order chi connectivity index (χ0) is 11.5. The summed E-state index contributed by atoms with van der Waals surface area (Å²) in [5, 5.41) is 9.13. The van der Waals surface area contributed by atoms with E-state index in [-0.39, 0.29) is 0 Å². The Morgan fingerprint density at radius 1 is 1.25 bits per heavy atom. The van der Waals surface area contributed by atoms with E-state index in [1.54, 1.807) is 30.6 Å². The van der Waals surface area contributed by atoms with Gasteiger partial charge in [0, 0.05) is 23.5 Å². The predicted molar refractivity (Wildman–Crippen MR) is 61.4 cm³/mol. The highest BCUT2D eigenvalue weighted by molar-refractivity contribution is 5.96. The third kappa shape index (κ3) is 1.80. The first-order valence-electron chi connectivity index (χ1n) is 4.93. The summed E-state index contributed by atoms with van der Waals surface area (Å²) >= 11 is 0. The van der Waals surface area contributed by atoms with Crippen molar-refractivity contribution in [3.8, 4) is 11.1 Å². The van der Waals surface area contributed by atoms with E-state index in [0.717, 1.165) is 16.7 Å². The first kappa shape index (κ1) is 10.4. The Hall–Kier alpha value is -2.16. The molecule has 3 nitrogen and oxygen atoms in total. The SMILES string of the molecule is Cc1cccc(C(=O)O)c1-c1cccnc1. The lowest BCUT2D eigenvalue weighted by molar-refractivity contribution is 0.0697. The topological polar surface area (TPSA) is 50.2 Å². The molecular weight excluding hydrogens is 202 g/mol. The van der Waals surface area contributed by atoms with E-state index in [0.29, 0.717) is 5.56 Å². The third-order valence-corrected chi connectivity index (χ3v) is 2.45. The van der Waals surface area contributed by atoms with E-state index in [9.17, 15) is 4.79 Å². The second kappa shape index (κ2) is 4.14. The number of hydrogen-bond acceptors (Lipinski definition) is 2. The Bertz CT molecular complexity index is 521. The van der Waals surface area contributed by atoms with Gasteiger partial charge < -0.3 is 5.11 Å². The maximum atomic E-state index is 11.1. The van der Waals surface area contributed by atoms with E-state index >= 15 is 0 Å². The Morgan fingerprint density at radius 2 is 2.06 bits per heavy atom. The third-order valence-electron chi connectivity index (χ3n) is 2.45. The van der Waals surface area contributed by atoms with Crippen molar-refractivity contribution in [3.63, 3.8) is 0 Å². The van der Waals surface area contributed by atoms with Crippen LogP contribution in [0.1, 0.15) is 15.9 Å². The summed E-state index contributed by atoms with van der Waals surface area (Å²) in [4.78, 5) is 15.1. The Kier molecular flexibility index (Phi) is 2.68. The van der Waals surface area contributed by atoms with Gasteiger partial charge in [0.25, 0.3) is 0 Å². The van der Waals surface area contributed by atoms with Crippen molar-refractivity contribution < 1.29 is 9.90 Å². The summed E-state index contributed by atoms with van der Waals surface area (Å²) in [6.07, 6.45) is 3.34. The molecule has 16 heavy (non-hydrogen) atoms. The molecule has 0 radical (unpaired) electrons. The van der Waals surface area contributed by atoms with Gasteiger partial charge in [0.05, 0.1) is 5.56 Å². The smallest absolute Gasteiger partial charge is 0.336 e. The minimum absolute atomic E-state index is 0.313. The number of aromatic nitrogens is 1. The average molecular weight is 213 g/mol. The molecule has 1 N–H and O–H groups in total. The van der Waals surface area contributed by atoms with Gasteiger partial charge in [-0.25, -0.2) is 4.79 Å². The van der Waals surface area contributed by atoms with Gasteiger partial charge in [-0.3, -0.25) is 4.98 Å². The molecule has 0 saturated heterocycles. The predicted octanol–water partition coefficient (Wildman–Crippen LogP) is 2.76. The van der Waals surface area contributed by atoms with Crippen LogP contribution in [0.2, 0.25) is 0 Å². The fourth-order valence-corrected chi connectivity index (χ4v) is 1.74. The van der Waals surface area contributed by atoms with E-state index in [1.807, 2.05) is 19.1 Å². The standard InChI is InChI=1S/C13H11NO2/c1-9-4-2-6-11(13(15)16)12(9)10-5-3-7-14-8-10/h2-8H,1H3,(H,15,16). The zero-order valence-corrected chi connectivity index (χ0v) is 8.84. The zero-order valence-electron chi connectivity index (χ0n) is 8.84. The molecule has 1 heterocycles. The molecule has 1 aromatic heterocycles. The fraction of sp³-hybridized carbons (Fsp3) is 0.0769. The molecule has 0 amide bonds. The highest BCUT2D eigenvalue weighted by Gasteiger charge is 2.13. The molecule has 0 bridgehead atoms. The highest BCUT2D eigenvalue weighted by Crippen LogP contribution is 2.26. The molecule has 0 atom stereocenters. The second-order valence-corrected chi connectivity index (χ2v) is 3.54. The van der Waals surface area contributed by atoms with Gasteiger partial charge in [0.2, 0.25) is 0 Å². The van der Waals surface area contributed by atoms with Gasteiger partial charge in [-0.05, 0) is 24.6 Å². The van der Waals surface area contributed by atoms with Crippen LogP contribution in [0.5, 0.6) is 0 Å². The minimum atomic E-state index is -0.914. The number of carbonyl (C=O) groups is 1. The molecule has 80 valence electrons. The van der Waals surface area contributed by atoms with E-state index in [1.165, 1.54) is 0 Å². The van der Waals surface area contributed by atoms with Gasteiger partial charge in [0.1, 0.15) is 0 Å². The van der Waals surface area contributed by atoms with Crippen molar-refractivity contribution in [2.45, 2.75) is 6.92 Å². The molecular formula is C13H11NO2. The number of hydrogen-bond donors (Lipinski definition) is 1. The van der Waals surface area contributed by atoms with Crippen LogP contribution in [0.3, 0.4) is 0 Å². The van der Waals surface area contributed by atoms with Crippen molar-refractivity contribution in [2.75, 3.05) is 0 Å². The van der Waals surface area contributed by atoms with Crippen LogP contribution in [-0.2, 0) is 0 Å². The number of aryl methyl sites for hydroxylation is 1. The summed E-state index contributed by atoms with van der Waals surface area (Å²) in [6, 6.07) is 8.92. The summed E-state index contributed by atoms with van der Waals surface area (Å²) in [7, 11) is 0. The monoisotopic (exact) mass is 213 g/mol. The lowest BCUT2D eigenvalue weighted by Gasteiger charge is -2.09. The summed E-state index contributed by atoms with van der Waals surface area (Å²) in [6.45, 7) is 1.90. The molecule has 1 aromatic carbocycles. The number of nitrogens with zero attached hydrogens (tertiary/aromatic N) is 1. The number of rotatable bonds is 2. The normalized spacial score (nSPS) is 10.1. The van der Waals surface area contributed by atoms with Crippen LogP contribution < -0.4 is 0 Å². The van der Waals surface area contributed by atoms with Crippen molar-refractivity contribution in [3.05, 3.63) is 53.9 Å². The number of carboxylic acids is 1. The second-order valence-electron chi connectivity index (χ2n) is 3.54. The van der Waals surface area contributed by atoms with Crippen LogP contribution in [0.15, 0.2) is 42.7 Å². The molecule has 2 rings (SSSR count). The molecule has 2 aromatic rings. The molecule has 0 aliphatic heterocycles. The van der Waals surface area contributed by atoms with Crippen LogP contribution in [0.25, 0.3) is 11.1 Å². The Labute approximate surface area is 93.4 Å². The van der Waals surface area contributed by atoms with Gasteiger partial charge in [0.15, 0.2) is 0 Å². The van der Waals surface area contributed by atoms with Crippen molar-refractivity contribution in [1.82, 2.24) is 4.98 Å². The van der Waals surface area contributed by atoms with E-state index in [4.69, 9.17) is 5.11 Å². The lowest BCUT2D eigenvalue weighted by Crippen LogP contribution is -2.01. The average Bonchev–Trinajstić information content (AvgIpc) is 2.29. The molecule has 0 saturated carbocycles. The molecule has 0 spiro atoms. The van der Waals surface area contributed by atoms with Crippen LogP contribution in [0, 0.1) is 6.92 Å². The fourth-order valence-electron chi connectivity index (χ4n) is 1.74. The van der Waals surface area contributed by atoms with Crippen molar-refractivity contribution >= 4 is 5.97 Å². The quantitative estimate of drug-likeness (QED) is 0.834. The highest BCUT2D eigenvalue weighted by atomic mass is 16.4. The molecule has 3 heteroatoms. The van der Waals surface area contributed by atoms with Crippen molar-refractivity contribution in [2.24, 2.45) is 0 Å². The summed E-state index contributed by atoms with van der Waals surface area (Å²) in [5.74, 6) is -0.914. The number of carboxylic acid groups (broad SMARTS) is 1. The van der Waals surface area contributed by atoms with Crippen LogP contribution in [0.4, 0.5) is 0 Å². The summed E-state index contributed by atoms with van der Waals surface area (Å²) in [5.41, 5.74) is 2.82. The first-order chi connectivity index (χ1) is 7.70. The van der Waals surface area contributed by atoms with Gasteiger partial charge in [-0.15, -0.1) is 0 Å². The molecule has 0 unspecified atom stereocenters. The van der Waals surface area contributed by atoms with Gasteiger partial charge >= 0.3 is 5.97 Å². The lowest BCUT2D eigenvalue weighted by atomic mass is 9.96. The Balaban J connectivity index is 2.68. The molecule has 0 fully saturated rings. The maximum Gasteiger partial charge on any atom is 0.336 e. The van der Waals surface area contributed by atoms with E-state index in [2.05, 4.69) is 4.98 Å². The van der Waals surface area contributed by atoms with E-state index < -0.39 is 5.97 Å². The number of benzene rings is 1. The maximum absolute atomic E-state index is 11.1. The molecule has 0 aliphatic carbocycles. The largest absolute Gasteiger partial charge is 0.478 e.